The lowest BCUT2D eigenvalue weighted by Crippen LogP contribution is -2.52. The van der Waals surface area contributed by atoms with Crippen LogP contribution in [0.4, 0.5) is 13.2 Å². The second kappa shape index (κ2) is 3.62. The molecule has 72 valence electrons. The molecule has 1 saturated heterocycles. The Bertz CT molecular complexity index is 148. The predicted molar refractivity (Wildman–Crippen MR) is 37.7 cm³/mol. The smallest absolute Gasteiger partial charge is 0.396 e. The van der Waals surface area contributed by atoms with Crippen LogP contribution in [0.3, 0.4) is 0 Å². The van der Waals surface area contributed by atoms with Crippen molar-refractivity contribution in [2.45, 2.75) is 25.1 Å². The maximum Gasteiger partial charge on any atom is 0.404 e. The van der Waals surface area contributed by atoms with Crippen molar-refractivity contribution in [1.29, 1.82) is 0 Å². The van der Waals surface area contributed by atoms with E-state index in [0.29, 0.717) is 19.4 Å². The van der Waals surface area contributed by atoms with E-state index in [1.54, 1.807) is 0 Å². The van der Waals surface area contributed by atoms with Crippen LogP contribution in [0, 0.1) is 5.92 Å². The molecule has 0 bridgehead atoms. The number of aliphatic hydroxyl groups is 1. The second-order valence-electron chi connectivity index (χ2n) is 3.06. The van der Waals surface area contributed by atoms with Gasteiger partial charge in [0.25, 0.3) is 0 Å². The highest BCUT2D eigenvalue weighted by Crippen LogP contribution is 2.30. The Labute approximate surface area is 68.8 Å². The first-order chi connectivity index (χ1) is 5.55. The SMILES string of the molecule is OC[C@@H]1CCCN[C@@H]1C(F)(F)F. The molecule has 1 heterocycles. The lowest BCUT2D eigenvalue weighted by Gasteiger charge is -2.32. The topological polar surface area (TPSA) is 32.3 Å². The largest absolute Gasteiger partial charge is 0.404 e. The monoisotopic (exact) mass is 183 g/mol. The molecule has 1 rings (SSSR count). The Balaban J connectivity index is 2.59. The predicted octanol–water partition coefficient (Wildman–Crippen LogP) is 0.909. The summed E-state index contributed by atoms with van der Waals surface area (Å²) in [5, 5.41) is 11.1. The van der Waals surface area contributed by atoms with Gasteiger partial charge in [-0.15, -0.1) is 0 Å². The maximum atomic E-state index is 12.2. The first-order valence-electron chi connectivity index (χ1n) is 3.96. The molecule has 0 amide bonds. The van der Waals surface area contributed by atoms with Crippen molar-refractivity contribution in [3.63, 3.8) is 0 Å². The van der Waals surface area contributed by atoms with E-state index in [-0.39, 0.29) is 0 Å². The standard InChI is InChI=1S/C7H12F3NO/c8-7(9,10)6-5(4-12)2-1-3-11-6/h5-6,11-12H,1-4H2/t5-,6-/m0/s1. The number of piperidine rings is 1. The van der Waals surface area contributed by atoms with E-state index >= 15 is 0 Å². The second-order valence-corrected chi connectivity index (χ2v) is 3.06. The molecule has 2 N–H and O–H groups in total. The van der Waals surface area contributed by atoms with E-state index < -0.39 is 24.7 Å². The third kappa shape index (κ3) is 2.10. The van der Waals surface area contributed by atoms with Gasteiger partial charge in [-0.25, -0.2) is 0 Å². The molecule has 0 radical (unpaired) electrons. The van der Waals surface area contributed by atoms with Crippen LogP contribution in [0.25, 0.3) is 0 Å². The van der Waals surface area contributed by atoms with Crippen molar-refractivity contribution >= 4 is 0 Å². The third-order valence-corrected chi connectivity index (χ3v) is 2.17. The number of hydrogen-bond donors (Lipinski definition) is 2. The Morgan fingerprint density at radius 1 is 1.42 bits per heavy atom. The van der Waals surface area contributed by atoms with Gasteiger partial charge < -0.3 is 10.4 Å². The van der Waals surface area contributed by atoms with Gasteiger partial charge in [0.1, 0.15) is 6.04 Å². The summed E-state index contributed by atoms with van der Waals surface area (Å²) in [6.45, 7) is -0.00213. The minimum Gasteiger partial charge on any atom is -0.396 e. The van der Waals surface area contributed by atoms with Crippen molar-refractivity contribution in [2.75, 3.05) is 13.2 Å². The summed E-state index contributed by atoms with van der Waals surface area (Å²) in [5.41, 5.74) is 0. The Kier molecular flexibility index (Phi) is 2.95. The minimum atomic E-state index is -4.23. The van der Waals surface area contributed by atoms with E-state index in [2.05, 4.69) is 5.32 Å². The molecule has 1 fully saturated rings. The third-order valence-electron chi connectivity index (χ3n) is 2.17. The minimum absolute atomic E-state index is 0.390. The van der Waals surface area contributed by atoms with Gasteiger partial charge in [0.2, 0.25) is 0 Å². The molecular weight excluding hydrogens is 171 g/mol. The summed E-state index contributed by atoms with van der Waals surface area (Å²) in [6.07, 6.45) is -3.07. The zero-order valence-corrected chi connectivity index (χ0v) is 6.56. The number of rotatable bonds is 1. The van der Waals surface area contributed by atoms with Crippen LogP contribution < -0.4 is 5.32 Å². The van der Waals surface area contributed by atoms with E-state index in [9.17, 15) is 13.2 Å². The molecule has 12 heavy (non-hydrogen) atoms. The van der Waals surface area contributed by atoms with Gasteiger partial charge in [-0.05, 0) is 19.4 Å². The van der Waals surface area contributed by atoms with E-state index in [1.165, 1.54) is 0 Å². The summed E-state index contributed by atoms with van der Waals surface area (Å²) < 4.78 is 36.6. The normalized spacial score (nSPS) is 32.0. The zero-order valence-electron chi connectivity index (χ0n) is 6.56. The molecule has 0 spiro atoms. The lowest BCUT2D eigenvalue weighted by atomic mass is 9.91. The maximum absolute atomic E-state index is 12.2. The lowest BCUT2D eigenvalue weighted by molar-refractivity contribution is -0.175. The number of halogens is 3. The van der Waals surface area contributed by atoms with Crippen molar-refractivity contribution in [2.24, 2.45) is 5.92 Å². The molecule has 0 unspecified atom stereocenters. The molecule has 0 aliphatic carbocycles. The molecule has 5 heteroatoms. The van der Waals surface area contributed by atoms with Gasteiger partial charge in [-0.2, -0.15) is 13.2 Å². The van der Waals surface area contributed by atoms with Crippen LogP contribution in [0.15, 0.2) is 0 Å². The Hall–Kier alpha value is -0.290. The first kappa shape index (κ1) is 9.80. The number of hydrogen-bond acceptors (Lipinski definition) is 2. The van der Waals surface area contributed by atoms with Gasteiger partial charge in [0.05, 0.1) is 0 Å². The average molecular weight is 183 g/mol. The molecule has 2 atom stereocenters. The molecule has 2 nitrogen and oxygen atoms in total. The van der Waals surface area contributed by atoms with E-state index in [1.807, 2.05) is 0 Å². The highest BCUT2D eigenvalue weighted by Gasteiger charge is 2.45. The molecular formula is C7H12F3NO. The van der Waals surface area contributed by atoms with E-state index in [0.717, 1.165) is 0 Å². The summed E-state index contributed by atoms with van der Waals surface area (Å²) >= 11 is 0. The fraction of sp³-hybridized carbons (Fsp3) is 1.00. The fourth-order valence-electron chi connectivity index (χ4n) is 1.53. The quantitative estimate of drug-likeness (QED) is 0.633. The average Bonchev–Trinajstić information content (AvgIpc) is 2.03. The van der Waals surface area contributed by atoms with Crippen LogP contribution >= 0.6 is 0 Å². The summed E-state index contributed by atoms with van der Waals surface area (Å²) in [6, 6.07) is -1.52. The first-order valence-corrected chi connectivity index (χ1v) is 3.96. The molecule has 0 saturated carbocycles. The Morgan fingerprint density at radius 2 is 2.08 bits per heavy atom. The number of alkyl halides is 3. The van der Waals surface area contributed by atoms with Crippen LogP contribution in [0.2, 0.25) is 0 Å². The van der Waals surface area contributed by atoms with Crippen molar-refractivity contribution in [1.82, 2.24) is 5.32 Å². The number of nitrogens with one attached hydrogen (secondary N) is 1. The van der Waals surface area contributed by atoms with Crippen LogP contribution in [-0.4, -0.2) is 30.5 Å². The van der Waals surface area contributed by atoms with Gasteiger partial charge in [-0.3, -0.25) is 0 Å². The summed E-state index contributed by atoms with van der Waals surface area (Å²) in [7, 11) is 0. The van der Waals surface area contributed by atoms with Crippen LogP contribution in [0.1, 0.15) is 12.8 Å². The molecule has 1 aliphatic heterocycles. The zero-order chi connectivity index (χ0) is 9.19. The van der Waals surface area contributed by atoms with Gasteiger partial charge >= 0.3 is 6.18 Å². The molecule has 0 aromatic heterocycles. The highest BCUT2D eigenvalue weighted by molar-refractivity contribution is 4.86. The van der Waals surface area contributed by atoms with Crippen molar-refractivity contribution < 1.29 is 18.3 Å². The summed E-state index contributed by atoms with van der Waals surface area (Å²) in [5.74, 6) is -0.668. The molecule has 0 aromatic carbocycles. The van der Waals surface area contributed by atoms with Gasteiger partial charge in [0, 0.05) is 12.5 Å². The van der Waals surface area contributed by atoms with Gasteiger partial charge in [0.15, 0.2) is 0 Å². The van der Waals surface area contributed by atoms with Crippen molar-refractivity contribution in [3.05, 3.63) is 0 Å². The van der Waals surface area contributed by atoms with Gasteiger partial charge in [-0.1, -0.05) is 0 Å². The number of aliphatic hydroxyl groups excluding tert-OH is 1. The fourth-order valence-corrected chi connectivity index (χ4v) is 1.53. The highest BCUT2D eigenvalue weighted by atomic mass is 19.4. The molecule has 1 aliphatic rings. The van der Waals surface area contributed by atoms with Crippen molar-refractivity contribution in [3.8, 4) is 0 Å². The molecule has 0 aromatic rings. The van der Waals surface area contributed by atoms with Crippen LogP contribution in [-0.2, 0) is 0 Å². The van der Waals surface area contributed by atoms with Crippen LogP contribution in [0.5, 0.6) is 0 Å². The summed E-state index contributed by atoms with van der Waals surface area (Å²) in [4.78, 5) is 0. The Morgan fingerprint density at radius 3 is 2.50 bits per heavy atom. The van der Waals surface area contributed by atoms with E-state index in [4.69, 9.17) is 5.11 Å².